The molecule has 2 aromatic rings. The molecule has 1 heterocycles. The third-order valence-corrected chi connectivity index (χ3v) is 2.47. The second-order valence-corrected chi connectivity index (χ2v) is 3.97. The number of carbonyl (C=O) groups is 1. The Bertz CT molecular complexity index is 597. The molecule has 0 aliphatic rings. The topological polar surface area (TPSA) is 71.8 Å². The van der Waals surface area contributed by atoms with E-state index < -0.39 is 5.82 Å². The van der Waals surface area contributed by atoms with Crippen LogP contribution >= 0.6 is 0 Å². The van der Waals surface area contributed by atoms with E-state index in [1.54, 1.807) is 12.1 Å². The summed E-state index contributed by atoms with van der Waals surface area (Å²) < 4.78 is 15.2. The SMILES string of the molecule is C=CCNCC(=O)Nc1ccc(-n2cncn2)c(F)c1. The number of benzene rings is 1. The van der Waals surface area contributed by atoms with E-state index in [0.717, 1.165) is 0 Å². The first-order chi connectivity index (χ1) is 9.70. The van der Waals surface area contributed by atoms with E-state index in [9.17, 15) is 9.18 Å². The highest BCUT2D eigenvalue weighted by atomic mass is 19.1. The summed E-state index contributed by atoms with van der Waals surface area (Å²) in [6.07, 6.45) is 4.37. The predicted octanol–water partition coefficient (Wildman–Crippen LogP) is 1.12. The molecule has 0 saturated heterocycles. The maximum absolute atomic E-state index is 13.9. The van der Waals surface area contributed by atoms with Crippen LogP contribution in [0.3, 0.4) is 0 Å². The summed E-state index contributed by atoms with van der Waals surface area (Å²) in [4.78, 5) is 15.3. The van der Waals surface area contributed by atoms with Gasteiger partial charge >= 0.3 is 0 Å². The van der Waals surface area contributed by atoms with Gasteiger partial charge in [0.1, 0.15) is 18.3 Å². The van der Waals surface area contributed by atoms with Crippen LogP contribution in [0.15, 0.2) is 43.5 Å². The fourth-order valence-corrected chi connectivity index (χ4v) is 1.60. The molecule has 0 spiro atoms. The lowest BCUT2D eigenvalue weighted by molar-refractivity contribution is -0.115. The summed E-state index contributed by atoms with van der Waals surface area (Å²) in [5.41, 5.74) is 0.655. The van der Waals surface area contributed by atoms with Gasteiger partial charge in [0.25, 0.3) is 0 Å². The number of hydrogen-bond donors (Lipinski definition) is 2. The van der Waals surface area contributed by atoms with Gasteiger partial charge in [-0.2, -0.15) is 5.10 Å². The lowest BCUT2D eigenvalue weighted by atomic mass is 10.2. The zero-order chi connectivity index (χ0) is 14.4. The van der Waals surface area contributed by atoms with Gasteiger partial charge in [-0.15, -0.1) is 6.58 Å². The van der Waals surface area contributed by atoms with Crippen molar-refractivity contribution in [1.29, 1.82) is 0 Å². The quantitative estimate of drug-likeness (QED) is 0.612. The molecule has 20 heavy (non-hydrogen) atoms. The largest absolute Gasteiger partial charge is 0.325 e. The monoisotopic (exact) mass is 275 g/mol. The van der Waals surface area contributed by atoms with Gasteiger partial charge in [-0.25, -0.2) is 14.1 Å². The second-order valence-electron chi connectivity index (χ2n) is 3.97. The van der Waals surface area contributed by atoms with Gasteiger partial charge in [-0.3, -0.25) is 4.79 Å². The molecule has 0 bridgehead atoms. The average Bonchev–Trinajstić information content (AvgIpc) is 2.93. The molecule has 1 aromatic heterocycles. The molecule has 0 saturated carbocycles. The fraction of sp³-hybridized carbons (Fsp3) is 0.154. The lowest BCUT2D eigenvalue weighted by Gasteiger charge is -2.08. The number of anilines is 1. The molecule has 6 nitrogen and oxygen atoms in total. The van der Waals surface area contributed by atoms with Crippen LogP contribution < -0.4 is 10.6 Å². The number of nitrogens with zero attached hydrogens (tertiary/aromatic N) is 3. The second kappa shape index (κ2) is 6.58. The molecule has 0 aliphatic carbocycles. The van der Waals surface area contributed by atoms with Crippen molar-refractivity contribution in [3.63, 3.8) is 0 Å². The molecule has 0 radical (unpaired) electrons. The Morgan fingerprint density at radius 1 is 1.50 bits per heavy atom. The normalized spacial score (nSPS) is 10.2. The Kier molecular flexibility index (Phi) is 4.56. The molecule has 104 valence electrons. The van der Waals surface area contributed by atoms with Crippen LogP contribution in [-0.4, -0.2) is 33.8 Å². The van der Waals surface area contributed by atoms with Gasteiger partial charge < -0.3 is 10.6 Å². The van der Waals surface area contributed by atoms with Gasteiger partial charge in [0, 0.05) is 12.2 Å². The highest BCUT2D eigenvalue weighted by Crippen LogP contribution is 2.17. The van der Waals surface area contributed by atoms with Crippen molar-refractivity contribution in [2.24, 2.45) is 0 Å². The van der Waals surface area contributed by atoms with Crippen LogP contribution in [0.25, 0.3) is 5.69 Å². The van der Waals surface area contributed by atoms with Gasteiger partial charge in [0.05, 0.1) is 6.54 Å². The summed E-state index contributed by atoms with van der Waals surface area (Å²) in [5.74, 6) is -0.743. The third kappa shape index (κ3) is 3.48. The first-order valence-corrected chi connectivity index (χ1v) is 5.96. The summed E-state index contributed by atoms with van der Waals surface area (Å²) in [5, 5.41) is 9.30. The average molecular weight is 275 g/mol. The van der Waals surface area contributed by atoms with Gasteiger partial charge in [-0.05, 0) is 18.2 Å². The Balaban J connectivity index is 2.02. The van der Waals surface area contributed by atoms with Gasteiger partial charge in [-0.1, -0.05) is 6.08 Å². The van der Waals surface area contributed by atoms with E-state index in [0.29, 0.717) is 12.2 Å². The molecule has 0 atom stereocenters. The van der Waals surface area contributed by atoms with Crippen LogP contribution in [0.4, 0.5) is 10.1 Å². The van der Waals surface area contributed by atoms with Crippen LogP contribution in [0, 0.1) is 5.82 Å². The number of nitrogens with one attached hydrogen (secondary N) is 2. The van der Waals surface area contributed by atoms with E-state index in [2.05, 4.69) is 27.3 Å². The maximum atomic E-state index is 13.9. The highest BCUT2D eigenvalue weighted by Gasteiger charge is 2.08. The van der Waals surface area contributed by atoms with Crippen molar-refractivity contribution in [3.05, 3.63) is 49.3 Å². The van der Waals surface area contributed by atoms with E-state index >= 15 is 0 Å². The van der Waals surface area contributed by atoms with Crippen LogP contribution in [-0.2, 0) is 4.79 Å². The van der Waals surface area contributed by atoms with Crippen LogP contribution in [0.1, 0.15) is 0 Å². The summed E-state index contributed by atoms with van der Waals surface area (Å²) >= 11 is 0. The smallest absolute Gasteiger partial charge is 0.238 e. The number of rotatable bonds is 6. The van der Waals surface area contributed by atoms with E-state index in [1.165, 1.54) is 29.5 Å². The molecule has 1 amide bonds. The minimum Gasteiger partial charge on any atom is -0.325 e. The molecule has 2 N–H and O–H groups in total. The zero-order valence-corrected chi connectivity index (χ0v) is 10.7. The van der Waals surface area contributed by atoms with E-state index in [-0.39, 0.29) is 18.1 Å². The van der Waals surface area contributed by atoms with Crippen molar-refractivity contribution in [2.75, 3.05) is 18.4 Å². The number of halogens is 1. The van der Waals surface area contributed by atoms with Crippen molar-refractivity contribution in [3.8, 4) is 5.69 Å². The molecular formula is C13H14FN5O. The first-order valence-electron chi connectivity index (χ1n) is 5.96. The standard InChI is InChI=1S/C13H14FN5O/c1-2-5-15-7-13(20)18-10-3-4-12(11(14)6-10)19-9-16-8-17-19/h2-4,6,8-9,15H,1,5,7H2,(H,18,20). The summed E-state index contributed by atoms with van der Waals surface area (Å²) in [6, 6.07) is 4.37. The molecule has 2 rings (SSSR count). The molecular weight excluding hydrogens is 261 g/mol. The van der Waals surface area contributed by atoms with Crippen molar-refractivity contribution >= 4 is 11.6 Å². The summed E-state index contributed by atoms with van der Waals surface area (Å²) in [7, 11) is 0. The Labute approximate surface area is 115 Å². The number of carbonyl (C=O) groups excluding carboxylic acids is 1. The Morgan fingerprint density at radius 2 is 2.35 bits per heavy atom. The highest BCUT2D eigenvalue weighted by molar-refractivity contribution is 5.92. The van der Waals surface area contributed by atoms with E-state index in [1.807, 2.05) is 0 Å². The van der Waals surface area contributed by atoms with Crippen LogP contribution in [0.2, 0.25) is 0 Å². The van der Waals surface area contributed by atoms with Gasteiger partial charge in [0.15, 0.2) is 5.82 Å². The van der Waals surface area contributed by atoms with Crippen molar-refractivity contribution in [2.45, 2.75) is 0 Å². The Morgan fingerprint density at radius 3 is 3.00 bits per heavy atom. The zero-order valence-electron chi connectivity index (χ0n) is 10.7. The number of hydrogen-bond acceptors (Lipinski definition) is 4. The summed E-state index contributed by atoms with van der Waals surface area (Å²) in [6.45, 7) is 4.20. The van der Waals surface area contributed by atoms with Crippen LogP contribution in [0.5, 0.6) is 0 Å². The number of amides is 1. The third-order valence-electron chi connectivity index (χ3n) is 2.47. The minimum atomic E-state index is -0.493. The molecule has 0 unspecified atom stereocenters. The molecule has 0 fully saturated rings. The van der Waals surface area contributed by atoms with Crippen molar-refractivity contribution in [1.82, 2.24) is 20.1 Å². The Hall–Kier alpha value is -2.54. The van der Waals surface area contributed by atoms with Crippen molar-refractivity contribution < 1.29 is 9.18 Å². The molecule has 1 aromatic carbocycles. The maximum Gasteiger partial charge on any atom is 0.238 e. The van der Waals surface area contributed by atoms with Gasteiger partial charge in [0.2, 0.25) is 5.91 Å². The minimum absolute atomic E-state index is 0.137. The first kappa shape index (κ1) is 13.9. The molecule has 0 aliphatic heterocycles. The predicted molar refractivity (Wildman–Crippen MR) is 73.0 cm³/mol. The fourth-order valence-electron chi connectivity index (χ4n) is 1.60. The van der Waals surface area contributed by atoms with E-state index in [4.69, 9.17) is 0 Å². The number of aromatic nitrogens is 3. The molecule has 7 heteroatoms. The lowest BCUT2D eigenvalue weighted by Crippen LogP contribution is -2.28.